The van der Waals surface area contributed by atoms with Crippen molar-refractivity contribution in [1.29, 1.82) is 0 Å². The molecule has 1 aromatic carbocycles. The number of hydrogen-bond donors (Lipinski definition) is 1. The van der Waals surface area contributed by atoms with E-state index in [-0.39, 0.29) is 0 Å². The molecule has 0 amide bonds. The van der Waals surface area contributed by atoms with Gasteiger partial charge in [-0.25, -0.2) is 9.97 Å². The molecule has 0 radical (unpaired) electrons. The molecule has 0 bridgehead atoms. The van der Waals surface area contributed by atoms with E-state index in [0.29, 0.717) is 12.5 Å². The molecule has 0 saturated carbocycles. The number of aromatic nitrogens is 4. The van der Waals surface area contributed by atoms with Crippen LogP contribution in [0.4, 0.5) is 5.95 Å². The Kier molecular flexibility index (Phi) is 3.10. The molecule has 5 nitrogen and oxygen atoms in total. The van der Waals surface area contributed by atoms with Crippen molar-refractivity contribution in [3.8, 4) is 0 Å². The van der Waals surface area contributed by atoms with E-state index in [0.717, 1.165) is 22.3 Å². The van der Waals surface area contributed by atoms with Gasteiger partial charge in [0.1, 0.15) is 0 Å². The van der Waals surface area contributed by atoms with Crippen LogP contribution < -0.4 is 5.32 Å². The van der Waals surface area contributed by atoms with Crippen LogP contribution >= 0.6 is 0 Å². The number of rotatable bonds is 3. The minimum atomic E-state index is 0.645. The lowest BCUT2D eigenvalue weighted by Gasteiger charge is -2.06. The maximum Gasteiger partial charge on any atom is 0.223 e. The smallest absolute Gasteiger partial charge is 0.223 e. The number of anilines is 1. The minimum Gasteiger partial charge on any atom is -0.350 e. The monoisotopic (exact) mass is 267 g/mol. The van der Waals surface area contributed by atoms with Gasteiger partial charge in [-0.05, 0) is 19.9 Å². The van der Waals surface area contributed by atoms with E-state index in [9.17, 15) is 0 Å². The summed E-state index contributed by atoms with van der Waals surface area (Å²) >= 11 is 0. The molecule has 2 heterocycles. The first kappa shape index (κ1) is 12.6. The largest absolute Gasteiger partial charge is 0.350 e. The van der Waals surface area contributed by atoms with Gasteiger partial charge in [0.15, 0.2) is 0 Å². The van der Waals surface area contributed by atoms with Crippen molar-refractivity contribution in [2.24, 2.45) is 7.05 Å². The molecule has 2 aromatic heterocycles. The Labute approximate surface area is 117 Å². The van der Waals surface area contributed by atoms with Gasteiger partial charge in [0.05, 0.1) is 11.2 Å². The van der Waals surface area contributed by atoms with Gasteiger partial charge in [-0.2, -0.15) is 5.10 Å². The molecule has 0 unspecified atom stereocenters. The minimum absolute atomic E-state index is 0.645. The molecule has 20 heavy (non-hydrogen) atoms. The van der Waals surface area contributed by atoms with Crippen LogP contribution in [0.3, 0.4) is 0 Å². The molecule has 0 spiro atoms. The predicted octanol–water partition coefficient (Wildman–Crippen LogP) is 2.59. The highest BCUT2D eigenvalue weighted by Gasteiger charge is 2.09. The van der Waals surface area contributed by atoms with Crippen molar-refractivity contribution in [1.82, 2.24) is 19.7 Å². The first-order valence-corrected chi connectivity index (χ1v) is 6.60. The van der Waals surface area contributed by atoms with Crippen LogP contribution in [0.2, 0.25) is 0 Å². The highest BCUT2D eigenvalue weighted by atomic mass is 15.3. The molecule has 102 valence electrons. The van der Waals surface area contributed by atoms with Crippen LogP contribution in [0.15, 0.2) is 30.5 Å². The number of fused-ring (bicyclic) bond motifs is 1. The summed E-state index contributed by atoms with van der Waals surface area (Å²) in [5.74, 6) is 0.645. The molecule has 0 fully saturated rings. The first-order valence-electron chi connectivity index (χ1n) is 6.60. The summed E-state index contributed by atoms with van der Waals surface area (Å²) in [5.41, 5.74) is 4.35. The Balaban J connectivity index is 1.83. The number of nitrogens with zero attached hydrogens (tertiary/aromatic N) is 4. The normalized spacial score (nSPS) is 10.9. The van der Waals surface area contributed by atoms with E-state index in [4.69, 9.17) is 0 Å². The number of nitrogens with one attached hydrogen (secondary N) is 1. The Bertz CT molecular complexity index is 760. The van der Waals surface area contributed by atoms with Gasteiger partial charge in [0, 0.05) is 36.4 Å². The molecular formula is C15H17N5. The maximum absolute atomic E-state index is 4.51. The van der Waals surface area contributed by atoms with Crippen LogP contribution in [0.5, 0.6) is 0 Å². The van der Waals surface area contributed by atoms with Gasteiger partial charge in [0.2, 0.25) is 5.95 Å². The summed E-state index contributed by atoms with van der Waals surface area (Å²) in [4.78, 5) is 8.85. The molecule has 5 heteroatoms. The van der Waals surface area contributed by atoms with Crippen LogP contribution in [-0.4, -0.2) is 19.7 Å². The van der Waals surface area contributed by atoms with Crippen molar-refractivity contribution in [3.05, 3.63) is 47.4 Å². The molecule has 0 aliphatic rings. The lowest BCUT2D eigenvalue weighted by Crippen LogP contribution is -2.05. The highest BCUT2D eigenvalue weighted by molar-refractivity contribution is 5.78. The van der Waals surface area contributed by atoms with Crippen LogP contribution in [0, 0.1) is 13.8 Å². The molecule has 0 atom stereocenters. The second-order valence-electron chi connectivity index (χ2n) is 4.88. The zero-order valence-electron chi connectivity index (χ0n) is 11.9. The van der Waals surface area contributed by atoms with Crippen LogP contribution in [-0.2, 0) is 13.6 Å². The summed E-state index contributed by atoms with van der Waals surface area (Å²) < 4.78 is 1.90. The Morgan fingerprint density at radius 3 is 2.75 bits per heavy atom. The SMILES string of the molecule is Cc1nn(C)c(C)c1CNc1ncc2ccccc2n1. The fourth-order valence-electron chi connectivity index (χ4n) is 2.30. The number of aryl methyl sites for hydroxylation is 2. The van der Waals surface area contributed by atoms with E-state index in [1.807, 2.05) is 49.1 Å². The number of benzene rings is 1. The molecule has 0 aliphatic carbocycles. The number of para-hydroxylation sites is 1. The third kappa shape index (κ3) is 2.22. The summed E-state index contributed by atoms with van der Waals surface area (Å²) in [6, 6.07) is 7.97. The molecule has 0 saturated heterocycles. The molecule has 3 rings (SSSR count). The van der Waals surface area contributed by atoms with Gasteiger partial charge in [-0.1, -0.05) is 18.2 Å². The quantitative estimate of drug-likeness (QED) is 0.792. The lowest BCUT2D eigenvalue weighted by atomic mass is 10.2. The summed E-state index contributed by atoms with van der Waals surface area (Å²) in [6.45, 7) is 4.77. The van der Waals surface area contributed by atoms with E-state index in [1.165, 1.54) is 5.56 Å². The summed E-state index contributed by atoms with van der Waals surface area (Å²) in [7, 11) is 1.96. The topological polar surface area (TPSA) is 55.6 Å². The Morgan fingerprint density at radius 2 is 2.00 bits per heavy atom. The van der Waals surface area contributed by atoms with Gasteiger partial charge in [-0.15, -0.1) is 0 Å². The summed E-state index contributed by atoms with van der Waals surface area (Å²) in [5, 5.41) is 8.73. The van der Waals surface area contributed by atoms with E-state index >= 15 is 0 Å². The molecule has 0 aliphatic heterocycles. The number of hydrogen-bond acceptors (Lipinski definition) is 4. The van der Waals surface area contributed by atoms with Gasteiger partial charge < -0.3 is 5.32 Å². The van der Waals surface area contributed by atoms with Crippen molar-refractivity contribution >= 4 is 16.9 Å². The van der Waals surface area contributed by atoms with E-state index in [2.05, 4.69) is 27.3 Å². The first-order chi connectivity index (χ1) is 9.65. The standard InChI is InChI=1S/C15H17N5/c1-10-13(11(2)20(3)19-10)9-17-15-16-8-12-6-4-5-7-14(12)18-15/h4-8H,9H2,1-3H3,(H,16,17,18). The third-order valence-corrected chi connectivity index (χ3v) is 3.57. The van der Waals surface area contributed by atoms with Gasteiger partial charge in [0.25, 0.3) is 0 Å². The van der Waals surface area contributed by atoms with Gasteiger partial charge >= 0.3 is 0 Å². The van der Waals surface area contributed by atoms with Crippen molar-refractivity contribution in [2.45, 2.75) is 20.4 Å². The zero-order valence-corrected chi connectivity index (χ0v) is 11.9. The zero-order chi connectivity index (χ0) is 14.1. The highest BCUT2D eigenvalue weighted by Crippen LogP contribution is 2.15. The predicted molar refractivity (Wildman–Crippen MR) is 79.5 cm³/mol. The molecule has 1 N–H and O–H groups in total. The van der Waals surface area contributed by atoms with Crippen molar-refractivity contribution < 1.29 is 0 Å². The average molecular weight is 267 g/mol. The van der Waals surface area contributed by atoms with E-state index < -0.39 is 0 Å². The molecule has 3 aromatic rings. The van der Waals surface area contributed by atoms with E-state index in [1.54, 1.807) is 0 Å². The second kappa shape index (κ2) is 4.92. The molecular weight excluding hydrogens is 250 g/mol. The third-order valence-electron chi connectivity index (χ3n) is 3.57. The fraction of sp³-hybridized carbons (Fsp3) is 0.267. The maximum atomic E-state index is 4.51. The van der Waals surface area contributed by atoms with Crippen molar-refractivity contribution in [2.75, 3.05) is 5.32 Å². The average Bonchev–Trinajstić information content (AvgIpc) is 2.70. The van der Waals surface area contributed by atoms with Crippen LogP contribution in [0.1, 0.15) is 17.0 Å². The Hall–Kier alpha value is -2.43. The van der Waals surface area contributed by atoms with Crippen molar-refractivity contribution in [3.63, 3.8) is 0 Å². The van der Waals surface area contributed by atoms with Gasteiger partial charge in [-0.3, -0.25) is 4.68 Å². The fourth-order valence-corrected chi connectivity index (χ4v) is 2.30. The summed E-state index contributed by atoms with van der Waals surface area (Å²) in [6.07, 6.45) is 1.84. The Morgan fingerprint density at radius 1 is 1.20 bits per heavy atom. The second-order valence-corrected chi connectivity index (χ2v) is 4.88. The lowest BCUT2D eigenvalue weighted by molar-refractivity contribution is 0.730. The van der Waals surface area contributed by atoms with Crippen LogP contribution in [0.25, 0.3) is 10.9 Å².